The highest BCUT2D eigenvalue weighted by molar-refractivity contribution is 7.85. The van der Waals surface area contributed by atoms with Crippen LogP contribution >= 0.6 is 11.3 Å². The molecule has 1 aliphatic heterocycles. The Bertz CT molecular complexity index is 752. The van der Waals surface area contributed by atoms with Gasteiger partial charge in [0.2, 0.25) is 0 Å². The minimum atomic E-state index is -0.993. The van der Waals surface area contributed by atoms with E-state index in [1.54, 1.807) is 17.9 Å². The fourth-order valence-corrected chi connectivity index (χ4v) is 4.58. The minimum Gasteiger partial charge on any atom is -0.478 e. The van der Waals surface area contributed by atoms with Crippen molar-refractivity contribution in [2.75, 3.05) is 24.6 Å². The van der Waals surface area contributed by atoms with E-state index in [4.69, 9.17) is 0 Å². The molecule has 1 aliphatic rings. The maximum absolute atomic E-state index is 12.4. The number of carbonyl (C=O) groups is 2. The summed E-state index contributed by atoms with van der Waals surface area (Å²) in [5, 5.41) is 9.24. The zero-order valence-corrected chi connectivity index (χ0v) is 13.0. The molecule has 6 nitrogen and oxygen atoms in total. The minimum absolute atomic E-state index is 0.163. The number of nitrogens with one attached hydrogen (secondary N) is 1. The fourth-order valence-electron chi connectivity index (χ4n) is 2.48. The topological polar surface area (TPSA) is 90.5 Å². The quantitative estimate of drug-likeness (QED) is 0.874. The Kier molecular flexibility index (Phi) is 3.58. The van der Waals surface area contributed by atoms with Crippen molar-refractivity contribution in [3.8, 4) is 0 Å². The zero-order valence-electron chi connectivity index (χ0n) is 11.3. The monoisotopic (exact) mass is 326 g/mol. The second kappa shape index (κ2) is 5.27. The van der Waals surface area contributed by atoms with Crippen molar-refractivity contribution in [1.29, 1.82) is 0 Å². The number of hydrogen-bond donors (Lipinski definition) is 2. The number of thiophene rings is 1. The number of aromatic carboxylic acids is 1. The van der Waals surface area contributed by atoms with Gasteiger partial charge in [-0.1, -0.05) is 0 Å². The van der Waals surface area contributed by atoms with Gasteiger partial charge >= 0.3 is 5.97 Å². The molecule has 1 fully saturated rings. The number of aromatic nitrogens is 1. The molecule has 0 radical (unpaired) electrons. The SMILES string of the molecule is Cc1sc2cc(C(=O)N3CCS(=O)CC3)[nH]c2c1C(=O)O. The van der Waals surface area contributed by atoms with E-state index in [9.17, 15) is 18.9 Å². The molecule has 0 unspecified atom stereocenters. The van der Waals surface area contributed by atoms with Crippen LogP contribution in [0.2, 0.25) is 0 Å². The third-order valence-corrected chi connectivity index (χ3v) is 5.88. The molecule has 8 heteroatoms. The van der Waals surface area contributed by atoms with Gasteiger partial charge in [-0.3, -0.25) is 9.00 Å². The Morgan fingerprint density at radius 3 is 2.67 bits per heavy atom. The van der Waals surface area contributed by atoms with Crippen molar-refractivity contribution >= 4 is 44.2 Å². The number of rotatable bonds is 2. The van der Waals surface area contributed by atoms with E-state index in [1.807, 2.05) is 0 Å². The van der Waals surface area contributed by atoms with Crippen molar-refractivity contribution in [3.05, 3.63) is 22.2 Å². The fraction of sp³-hybridized carbons (Fsp3) is 0.385. The number of hydrogen-bond acceptors (Lipinski definition) is 4. The zero-order chi connectivity index (χ0) is 15.1. The lowest BCUT2D eigenvalue weighted by molar-refractivity contribution is 0.0696. The van der Waals surface area contributed by atoms with Gasteiger partial charge < -0.3 is 15.0 Å². The van der Waals surface area contributed by atoms with Gasteiger partial charge in [-0.15, -0.1) is 11.3 Å². The van der Waals surface area contributed by atoms with Crippen LogP contribution in [0.15, 0.2) is 6.07 Å². The van der Waals surface area contributed by atoms with Crippen LogP contribution in [0.5, 0.6) is 0 Å². The summed E-state index contributed by atoms with van der Waals surface area (Å²) in [6.07, 6.45) is 0. The highest BCUT2D eigenvalue weighted by atomic mass is 32.2. The third kappa shape index (κ3) is 2.49. The van der Waals surface area contributed by atoms with Crippen LogP contribution in [0, 0.1) is 6.92 Å². The molecule has 1 amide bonds. The van der Waals surface area contributed by atoms with E-state index < -0.39 is 16.8 Å². The molecule has 0 aliphatic carbocycles. The van der Waals surface area contributed by atoms with Gasteiger partial charge in [-0.25, -0.2) is 4.79 Å². The second-order valence-corrected chi connectivity index (χ2v) is 7.85. The van der Waals surface area contributed by atoms with Crippen LogP contribution in [0.3, 0.4) is 0 Å². The molecular weight excluding hydrogens is 312 g/mol. The molecule has 3 heterocycles. The maximum Gasteiger partial charge on any atom is 0.338 e. The molecule has 0 atom stereocenters. The van der Waals surface area contributed by atoms with Crippen LogP contribution in [-0.2, 0) is 10.8 Å². The summed E-state index contributed by atoms with van der Waals surface area (Å²) >= 11 is 1.36. The van der Waals surface area contributed by atoms with Gasteiger partial charge in [0.1, 0.15) is 5.69 Å². The Hall–Kier alpha value is -1.67. The number of aryl methyl sites for hydroxylation is 1. The summed E-state index contributed by atoms with van der Waals surface area (Å²) in [5.41, 5.74) is 1.13. The lowest BCUT2D eigenvalue weighted by Crippen LogP contribution is -2.41. The number of H-pyrrole nitrogens is 1. The first kappa shape index (κ1) is 14.3. The molecule has 0 spiro atoms. The van der Waals surface area contributed by atoms with E-state index in [0.717, 1.165) is 9.58 Å². The number of fused-ring (bicyclic) bond motifs is 1. The first-order valence-corrected chi connectivity index (χ1v) is 8.77. The van der Waals surface area contributed by atoms with E-state index in [0.29, 0.717) is 35.8 Å². The van der Waals surface area contributed by atoms with Crippen LogP contribution < -0.4 is 0 Å². The normalized spacial score (nSPS) is 16.5. The summed E-state index contributed by atoms with van der Waals surface area (Å²) < 4.78 is 12.1. The molecule has 2 aromatic rings. The standard InChI is InChI=1S/C13H14N2O4S2/c1-7-10(13(17)18)11-9(20-7)6-8(14-11)12(16)15-2-4-21(19)5-3-15/h6,14H,2-5H2,1H3,(H,17,18). The van der Waals surface area contributed by atoms with Crippen molar-refractivity contribution in [3.63, 3.8) is 0 Å². The number of carboxylic acid groups (broad SMARTS) is 1. The molecule has 0 saturated carbocycles. The van der Waals surface area contributed by atoms with Gasteiger partial charge in [-0.05, 0) is 13.0 Å². The van der Waals surface area contributed by atoms with Crippen molar-refractivity contribution in [2.45, 2.75) is 6.92 Å². The maximum atomic E-state index is 12.4. The van der Waals surface area contributed by atoms with Gasteiger partial charge in [0.25, 0.3) is 5.91 Å². The summed E-state index contributed by atoms with van der Waals surface area (Å²) in [6.45, 7) is 2.70. The first-order chi connectivity index (χ1) is 9.97. The molecule has 112 valence electrons. The Morgan fingerprint density at radius 2 is 2.05 bits per heavy atom. The van der Waals surface area contributed by atoms with E-state index >= 15 is 0 Å². The average Bonchev–Trinajstić information content (AvgIpc) is 2.94. The summed E-state index contributed by atoms with van der Waals surface area (Å²) in [7, 11) is -0.833. The van der Waals surface area contributed by atoms with Crippen LogP contribution in [-0.4, -0.2) is 55.7 Å². The molecule has 21 heavy (non-hydrogen) atoms. The lowest BCUT2D eigenvalue weighted by Gasteiger charge is -2.25. The van der Waals surface area contributed by atoms with Gasteiger partial charge in [-0.2, -0.15) is 0 Å². The number of nitrogens with zero attached hydrogens (tertiary/aromatic N) is 1. The van der Waals surface area contributed by atoms with Crippen molar-refractivity contribution < 1.29 is 18.9 Å². The van der Waals surface area contributed by atoms with Crippen molar-refractivity contribution in [2.24, 2.45) is 0 Å². The van der Waals surface area contributed by atoms with Gasteiger partial charge in [0.05, 0.1) is 15.8 Å². The molecule has 3 rings (SSSR count). The molecule has 0 bridgehead atoms. The summed E-state index contributed by atoms with van der Waals surface area (Å²) in [4.78, 5) is 29.0. The number of carboxylic acids is 1. The first-order valence-electron chi connectivity index (χ1n) is 6.47. The number of aromatic amines is 1. The van der Waals surface area contributed by atoms with Gasteiger partial charge in [0.15, 0.2) is 0 Å². The predicted octanol–water partition coefficient (Wildman–Crippen LogP) is 1.44. The van der Waals surface area contributed by atoms with Crippen LogP contribution in [0.25, 0.3) is 10.2 Å². The Balaban J connectivity index is 1.92. The number of amides is 1. The Labute approximate surface area is 127 Å². The third-order valence-electron chi connectivity index (χ3n) is 3.56. The molecular formula is C13H14N2O4S2. The Morgan fingerprint density at radius 1 is 1.38 bits per heavy atom. The second-order valence-electron chi connectivity index (χ2n) is 4.90. The lowest BCUT2D eigenvalue weighted by atomic mass is 10.2. The van der Waals surface area contributed by atoms with Crippen LogP contribution in [0.4, 0.5) is 0 Å². The van der Waals surface area contributed by atoms with E-state index in [1.165, 1.54) is 11.3 Å². The summed E-state index contributed by atoms with van der Waals surface area (Å²) in [6, 6.07) is 1.70. The van der Waals surface area contributed by atoms with E-state index in [-0.39, 0.29) is 11.5 Å². The molecule has 2 N–H and O–H groups in total. The highest BCUT2D eigenvalue weighted by Crippen LogP contribution is 2.31. The van der Waals surface area contributed by atoms with Crippen LogP contribution in [0.1, 0.15) is 25.7 Å². The predicted molar refractivity (Wildman–Crippen MR) is 81.7 cm³/mol. The smallest absolute Gasteiger partial charge is 0.338 e. The van der Waals surface area contributed by atoms with Crippen molar-refractivity contribution in [1.82, 2.24) is 9.88 Å². The molecule has 1 saturated heterocycles. The van der Waals surface area contributed by atoms with E-state index in [2.05, 4.69) is 4.98 Å². The molecule has 0 aromatic carbocycles. The largest absolute Gasteiger partial charge is 0.478 e. The van der Waals surface area contributed by atoms with Gasteiger partial charge in [0, 0.05) is 40.3 Å². The summed E-state index contributed by atoms with van der Waals surface area (Å²) in [5.74, 6) is -0.155. The molecule has 2 aromatic heterocycles. The number of carbonyl (C=O) groups excluding carboxylic acids is 1. The highest BCUT2D eigenvalue weighted by Gasteiger charge is 2.25. The average molecular weight is 326 g/mol.